The van der Waals surface area contributed by atoms with Crippen LogP contribution < -0.4 is 5.32 Å². The molecule has 0 aliphatic carbocycles. The van der Waals surface area contributed by atoms with Crippen LogP contribution >= 0.6 is 0 Å². The highest BCUT2D eigenvalue weighted by Gasteiger charge is 2.17. The first-order chi connectivity index (χ1) is 25.7. The van der Waals surface area contributed by atoms with Crippen LogP contribution in [0.5, 0.6) is 0 Å². The summed E-state index contributed by atoms with van der Waals surface area (Å²) in [6.07, 6.45) is 58.5. The molecule has 0 aliphatic heterocycles. The van der Waals surface area contributed by atoms with Crippen molar-refractivity contribution in [3.8, 4) is 0 Å². The monoisotopic (exact) mass is 730 g/mol. The van der Waals surface area contributed by atoms with Gasteiger partial charge >= 0.3 is 0 Å². The molecule has 0 fully saturated rings. The lowest BCUT2D eigenvalue weighted by Gasteiger charge is -2.19. The van der Waals surface area contributed by atoms with Crippen LogP contribution in [0, 0.1) is 0 Å². The van der Waals surface area contributed by atoms with Crippen molar-refractivity contribution < 1.29 is 15.0 Å². The zero-order valence-electron chi connectivity index (χ0n) is 35.1. The van der Waals surface area contributed by atoms with Crippen molar-refractivity contribution in [3.05, 3.63) is 36.5 Å². The topological polar surface area (TPSA) is 69.6 Å². The van der Waals surface area contributed by atoms with E-state index < -0.39 is 12.1 Å². The number of nitrogens with one attached hydrogen (secondary N) is 1. The summed E-state index contributed by atoms with van der Waals surface area (Å²) in [6, 6.07) is -0.641. The molecule has 0 saturated heterocycles. The summed E-state index contributed by atoms with van der Waals surface area (Å²) in [7, 11) is 0. The first-order valence-electron chi connectivity index (χ1n) is 23.2. The van der Waals surface area contributed by atoms with Crippen molar-refractivity contribution in [2.24, 2.45) is 0 Å². The molecule has 0 radical (unpaired) electrons. The molecule has 4 nitrogen and oxygen atoms in total. The fourth-order valence-electron chi connectivity index (χ4n) is 7.02. The number of unbranched alkanes of at least 4 members (excludes halogenated alkanes) is 31. The Morgan fingerprint density at radius 3 is 1.10 bits per heavy atom. The molecule has 0 heterocycles. The molecule has 306 valence electrons. The van der Waals surface area contributed by atoms with Gasteiger partial charge in [0.05, 0.1) is 18.8 Å². The number of rotatable bonds is 42. The second kappa shape index (κ2) is 44.0. The number of hydrogen-bond donors (Lipinski definition) is 3. The lowest BCUT2D eigenvalue weighted by Crippen LogP contribution is -2.45. The molecule has 0 spiro atoms. The molecule has 0 aliphatic rings. The summed E-state index contributed by atoms with van der Waals surface area (Å²) in [4.78, 5) is 12.4. The Kier molecular flexibility index (Phi) is 42.8. The molecule has 0 rings (SSSR count). The highest BCUT2D eigenvalue weighted by Crippen LogP contribution is 2.16. The van der Waals surface area contributed by atoms with Crippen LogP contribution in [-0.2, 0) is 4.79 Å². The van der Waals surface area contributed by atoms with Crippen LogP contribution in [0.25, 0.3) is 0 Å². The quantitative estimate of drug-likeness (QED) is 0.0433. The summed E-state index contributed by atoms with van der Waals surface area (Å²) in [5.74, 6) is -0.0759. The summed E-state index contributed by atoms with van der Waals surface area (Å²) in [5.41, 5.74) is 0. The van der Waals surface area contributed by atoms with Crippen LogP contribution in [0.15, 0.2) is 36.5 Å². The molecule has 2 atom stereocenters. The minimum atomic E-state index is -0.866. The molecule has 52 heavy (non-hydrogen) atoms. The van der Waals surface area contributed by atoms with Crippen LogP contribution in [0.4, 0.5) is 0 Å². The van der Waals surface area contributed by atoms with Gasteiger partial charge in [-0.2, -0.15) is 0 Å². The van der Waals surface area contributed by atoms with Crippen LogP contribution in [-0.4, -0.2) is 34.9 Å². The highest BCUT2D eigenvalue weighted by molar-refractivity contribution is 5.76. The van der Waals surface area contributed by atoms with Gasteiger partial charge in [0.25, 0.3) is 0 Å². The third kappa shape index (κ3) is 39.8. The predicted octanol–water partition coefficient (Wildman–Crippen LogP) is 14.6. The second-order valence-electron chi connectivity index (χ2n) is 15.8. The van der Waals surface area contributed by atoms with Crippen molar-refractivity contribution in [2.75, 3.05) is 6.61 Å². The number of aliphatic hydroxyl groups is 2. The van der Waals surface area contributed by atoms with Gasteiger partial charge < -0.3 is 15.5 Å². The van der Waals surface area contributed by atoms with E-state index in [0.717, 1.165) is 38.5 Å². The fourth-order valence-corrected chi connectivity index (χ4v) is 7.02. The van der Waals surface area contributed by atoms with Crippen LogP contribution in [0.1, 0.15) is 245 Å². The summed E-state index contributed by atoms with van der Waals surface area (Å²) in [5, 5.41) is 22.9. The largest absolute Gasteiger partial charge is 0.394 e. The third-order valence-electron chi connectivity index (χ3n) is 10.6. The van der Waals surface area contributed by atoms with Crippen molar-refractivity contribution in [1.82, 2.24) is 5.32 Å². The normalized spacial score (nSPS) is 13.2. The van der Waals surface area contributed by atoms with Crippen LogP contribution in [0.2, 0.25) is 0 Å². The van der Waals surface area contributed by atoms with Gasteiger partial charge in [-0.3, -0.25) is 4.79 Å². The number of carbonyl (C=O) groups excluding carboxylic acids is 1. The van der Waals surface area contributed by atoms with E-state index in [4.69, 9.17) is 0 Å². The Balaban J connectivity index is 3.46. The number of hydrogen-bond acceptors (Lipinski definition) is 3. The van der Waals surface area contributed by atoms with Crippen molar-refractivity contribution in [2.45, 2.75) is 257 Å². The lowest BCUT2D eigenvalue weighted by atomic mass is 10.0. The van der Waals surface area contributed by atoms with Gasteiger partial charge in [-0.05, 0) is 38.5 Å². The Morgan fingerprint density at radius 1 is 0.442 bits per heavy atom. The zero-order chi connectivity index (χ0) is 37.8. The Hall–Kier alpha value is -1.39. The second-order valence-corrected chi connectivity index (χ2v) is 15.8. The number of aliphatic hydroxyl groups excluding tert-OH is 2. The summed E-state index contributed by atoms with van der Waals surface area (Å²) >= 11 is 0. The first-order valence-corrected chi connectivity index (χ1v) is 23.2. The molecule has 0 bridgehead atoms. The van der Waals surface area contributed by atoms with E-state index in [1.807, 2.05) is 6.08 Å². The van der Waals surface area contributed by atoms with E-state index in [0.29, 0.717) is 6.42 Å². The molecular weight excluding hydrogens is 639 g/mol. The minimum Gasteiger partial charge on any atom is -0.394 e. The van der Waals surface area contributed by atoms with Gasteiger partial charge in [-0.15, -0.1) is 0 Å². The number of amides is 1. The van der Waals surface area contributed by atoms with Gasteiger partial charge in [0.2, 0.25) is 5.91 Å². The number of carbonyl (C=O) groups is 1. The van der Waals surface area contributed by atoms with E-state index in [1.54, 1.807) is 6.08 Å². The molecule has 1 amide bonds. The summed E-state index contributed by atoms with van der Waals surface area (Å²) < 4.78 is 0. The Morgan fingerprint density at radius 2 is 0.750 bits per heavy atom. The average Bonchev–Trinajstić information content (AvgIpc) is 3.15. The maximum atomic E-state index is 12.4. The predicted molar refractivity (Wildman–Crippen MR) is 230 cm³/mol. The van der Waals surface area contributed by atoms with Crippen molar-refractivity contribution in [1.29, 1.82) is 0 Å². The maximum Gasteiger partial charge on any atom is 0.220 e. The van der Waals surface area contributed by atoms with E-state index in [2.05, 4.69) is 43.5 Å². The molecule has 0 aromatic rings. The van der Waals surface area contributed by atoms with Crippen molar-refractivity contribution in [3.63, 3.8) is 0 Å². The molecule has 0 aromatic carbocycles. The molecule has 2 unspecified atom stereocenters. The van der Waals surface area contributed by atoms with Gasteiger partial charge in [-0.25, -0.2) is 0 Å². The average molecular weight is 730 g/mol. The molecule has 3 N–H and O–H groups in total. The Labute approximate surface area is 325 Å². The SMILES string of the molecule is CCCC/C=C/CC/C=C/CC/C=C/C(O)C(CO)NC(=O)CCCCCCCCCCCCCCCCCCCCCCCCCCCCCC. The molecule has 4 heteroatoms. The van der Waals surface area contributed by atoms with Gasteiger partial charge in [0.15, 0.2) is 0 Å². The van der Waals surface area contributed by atoms with Gasteiger partial charge in [-0.1, -0.05) is 237 Å². The minimum absolute atomic E-state index is 0.0759. The lowest BCUT2D eigenvalue weighted by molar-refractivity contribution is -0.123. The summed E-state index contributed by atoms with van der Waals surface area (Å²) in [6.45, 7) is 4.26. The van der Waals surface area contributed by atoms with Crippen molar-refractivity contribution >= 4 is 5.91 Å². The van der Waals surface area contributed by atoms with Gasteiger partial charge in [0, 0.05) is 6.42 Å². The maximum absolute atomic E-state index is 12.4. The third-order valence-corrected chi connectivity index (χ3v) is 10.6. The van der Waals surface area contributed by atoms with E-state index >= 15 is 0 Å². The fraction of sp³-hybridized carbons (Fsp3) is 0.854. The zero-order valence-corrected chi connectivity index (χ0v) is 35.1. The smallest absolute Gasteiger partial charge is 0.220 e. The van der Waals surface area contributed by atoms with E-state index in [-0.39, 0.29) is 12.5 Å². The highest BCUT2D eigenvalue weighted by atomic mass is 16.3. The van der Waals surface area contributed by atoms with E-state index in [9.17, 15) is 15.0 Å². The van der Waals surface area contributed by atoms with E-state index in [1.165, 1.54) is 186 Å². The molecular formula is C48H91NO3. The van der Waals surface area contributed by atoms with Gasteiger partial charge in [0.1, 0.15) is 0 Å². The number of allylic oxidation sites excluding steroid dienone is 5. The first kappa shape index (κ1) is 50.6. The standard InChI is InChI=1S/C48H91NO3/c1-3-5-7-9-11-13-15-17-18-19-20-21-22-23-24-25-26-27-28-29-30-31-32-34-36-38-40-42-44-48(52)49-46(45-50)47(51)43-41-39-37-35-33-16-14-12-10-8-6-4-2/h10,12,33,35,41,43,46-47,50-51H,3-9,11,13-32,34,36-40,42,44-45H2,1-2H3,(H,49,52)/b12-10+,35-33+,43-41+. The molecule has 0 aromatic heterocycles. The Bertz CT molecular complexity index is 790. The molecule has 0 saturated carbocycles. The van der Waals surface area contributed by atoms with Crippen LogP contribution in [0.3, 0.4) is 0 Å².